The predicted molar refractivity (Wildman–Crippen MR) is 86.0 cm³/mol. The maximum absolute atomic E-state index is 12.2. The summed E-state index contributed by atoms with van der Waals surface area (Å²) >= 11 is 0. The molecule has 23 heavy (non-hydrogen) atoms. The van der Waals surface area contributed by atoms with Crippen LogP contribution in [0, 0.1) is 0 Å². The third kappa shape index (κ3) is 4.55. The van der Waals surface area contributed by atoms with Crippen molar-refractivity contribution < 1.29 is 9.53 Å². The molecule has 0 spiro atoms. The summed E-state index contributed by atoms with van der Waals surface area (Å²) in [7, 11) is 0. The highest BCUT2D eigenvalue weighted by molar-refractivity contribution is 5.76. The van der Waals surface area contributed by atoms with Crippen LogP contribution in [-0.2, 0) is 11.2 Å². The summed E-state index contributed by atoms with van der Waals surface area (Å²) in [6.07, 6.45) is 11.5. The maximum Gasteiger partial charge on any atom is 0.222 e. The minimum absolute atomic E-state index is 0.187. The van der Waals surface area contributed by atoms with E-state index in [9.17, 15) is 4.79 Å². The van der Waals surface area contributed by atoms with Crippen molar-refractivity contribution in [2.75, 3.05) is 13.1 Å². The lowest BCUT2D eigenvalue weighted by Crippen LogP contribution is -2.41. The quantitative estimate of drug-likeness (QED) is 0.887. The Hall–Kier alpha value is -2.37. The van der Waals surface area contributed by atoms with Gasteiger partial charge in [-0.1, -0.05) is 0 Å². The first-order chi connectivity index (χ1) is 11.3. The van der Waals surface area contributed by atoms with Crippen molar-refractivity contribution in [1.29, 1.82) is 0 Å². The Morgan fingerprint density at radius 1 is 1.30 bits per heavy atom. The van der Waals surface area contributed by atoms with E-state index in [0.29, 0.717) is 6.42 Å². The Kier molecular flexibility index (Phi) is 5.24. The molecule has 122 valence electrons. The smallest absolute Gasteiger partial charge is 0.222 e. The van der Waals surface area contributed by atoms with E-state index in [-0.39, 0.29) is 12.0 Å². The molecule has 0 unspecified atom stereocenters. The second kappa shape index (κ2) is 7.76. The summed E-state index contributed by atoms with van der Waals surface area (Å²) in [6, 6.07) is 3.74. The molecule has 0 bridgehead atoms. The minimum atomic E-state index is 0.187. The van der Waals surface area contributed by atoms with Crippen molar-refractivity contribution in [3.8, 4) is 5.75 Å². The number of carbonyl (C=O) groups excluding carboxylic acids is 1. The second-order valence-electron chi connectivity index (χ2n) is 5.84. The number of H-pyrrole nitrogens is 1. The average molecular weight is 314 g/mol. The van der Waals surface area contributed by atoms with Crippen LogP contribution < -0.4 is 4.74 Å². The Morgan fingerprint density at radius 2 is 2.09 bits per heavy atom. The van der Waals surface area contributed by atoms with Crippen LogP contribution in [0.15, 0.2) is 36.9 Å². The van der Waals surface area contributed by atoms with Gasteiger partial charge in [0.25, 0.3) is 0 Å². The number of amides is 1. The van der Waals surface area contributed by atoms with Gasteiger partial charge in [-0.2, -0.15) is 5.10 Å². The normalized spacial score (nSPS) is 15.6. The number of hydrogen-bond acceptors (Lipinski definition) is 4. The SMILES string of the molecule is O=C(CCCc1cn[nH]c1)N1CCC(Oc2ccncc2)CC1. The van der Waals surface area contributed by atoms with Gasteiger partial charge in [0.05, 0.1) is 6.20 Å². The van der Waals surface area contributed by atoms with Gasteiger partial charge in [-0.25, -0.2) is 0 Å². The summed E-state index contributed by atoms with van der Waals surface area (Å²) in [4.78, 5) is 18.2. The Bertz CT molecular complexity index is 592. The summed E-state index contributed by atoms with van der Waals surface area (Å²) in [6.45, 7) is 1.56. The molecule has 6 heteroatoms. The summed E-state index contributed by atoms with van der Waals surface area (Å²) in [5.74, 6) is 1.10. The van der Waals surface area contributed by atoms with Gasteiger partial charge in [0.2, 0.25) is 5.91 Å². The van der Waals surface area contributed by atoms with Crippen molar-refractivity contribution >= 4 is 5.91 Å². The first kappa shape index (κ1) is 15.5. The number of aromatic amines is 1. The lowest BCUT2D eigenvalue weighted by atomic mass is 10.1. The molecule has 1 fully saturated rings. The fourth-order valence-electron chi connectivity index (χ4n) is 2.85. The molecule has 0 saturated carbocycles. The van der Waals surface area contributed by atoms with Crippen molar-refractivity contribution in [2.45, 2.75) is 38.2 Å². The van der Waals surface area contributed by atoms with Crippen LogP contribution in [0.3, 0.4) is 0 Å². The van der Waals surface area contributed by atoms with Crippen molar-refractivity contribution in [3.63, 3.8) is 0 Å². The first-order valence-electron chi connectivity index (χ1n) is 8.13. The van der Waals surface area contributed by atoms with Gasteiger partial charge in [-0.05, 0) is 30.5 Å². The Labute approximate surface area is 135 Å². The summed E-state index contributed by atoms with van der Waals surface area (Å²) in [5, 5.41) is 6.71. The standard InChI is InChI=1S/C17H22N4O2/c22-17(3-1-2-14-12-19-20-13-14)21-10-6-16(7-11-21)23-15-4-8-18-9-5-15/h4-5,8-9,12-13,16H,1-3,6-7,10-11H2,(H,19,20). The van der Waals surface area contributed by atoms with E-state index in [1.165, 1.54) is 0 Å². The lowest BCUT2D eigenvalue weighted by Gasteiger charge is -2.32. The number of carbonyl (C=O) groups is 1. The van der Waals surface area contributed by atoms with E-state index < -0.39 is 0 Å². The van der Waals surface area contributed by atoms with Crippen LogP contribution in [0.25, 0.3) is 0 Å². The van der Waals surface area contributed by atoms with E-state index in [1.54, 1.807) is 12.4 Å². The average Bonchev–Trinajstić information content (AvgIpc) is 3.10. The van der Waals surface area contributed by atoms with Crippen LogP contribution in [-0.4, -0.2) is 45.2 Å². The van der Waals surface area contributed by atoms with Crippen LogP contribution in [0.4, 0.5) is 0 Å². The van der Waals surface area contributed by atoms with E-state index >= 15 is 0 Å². The van der Waals surface area contributed by atoms with E-state index in [4.69, 9.17) is 4.74 Å². The van der Waals surface area contributed by atoms with Gasteiger partial charge < -0.3 is 9.64 Å². The van der Waals surface area contributed by atoms with Crippen molar-refractivity contribution in [2.24, 2.45) is 0 Å². The van der Waals surface area contributed by atoms with E-state index in [2.05, 4.69) is 15.2 Å². The zero-order chi connectivity index (χ0) is 15.9. The molecule has 0 radical (unpaired) electrons. The number of piperidine rings is 1. The van der Waals surface area contributed by atoms with Gasteiger partial charge in [-0.3, -0.25) is 14.9 Å². The largest absolute Gasteiger partial charge is 0.490 e. The number of hydrogen-bond donors (Lipinski definition) is 1. The van der Waals surface area contributed by atoms with Crippen LogP contribution in [0.1, 0.15) is 31.2 Å². The molecule has 1 saturated heterocycles. The highest BCUT2D eigenvalue weighted by Crippen LogP contribution is 2.19. The third-order valence-corrected chi connectivity index (χ3v) is 4.16. The molecular formula is C17H22N4O2. The number of aromatic nitrogens is 3. The monoisotopic (exact) mass is 314 g/mol. The molecule has 1 aliphatic rings. The van der Waals surface area contributed by atoms with Gasteiger partial charge in [-0.15, -0.1) is 0 Å². The molecule has 6 nitrogen and oxygen atoms in total. The number of aryl methyl sites for hydroxylation is 1. The Balaban J connectivity index is 1.37. The van der Waals surface area contributed by atoms with Crippen molar-refractivity contribution in [3.05, 3.63) is 42.5 Å². The molecule has 0 aliphatic carbocycles. The fraction of sp³-hybridized carbons (Fsp3) is 0.471. The van der Waals surface area contributed by atoms with Gasteiger partial charge >= 0.3 is 0 Å². The summed E-state index contributed by atoms with van der Waals surface area (Å²) in [5.41, 5.74) is 1.15. The number of nitrogens with one attached hydrogen (secondary N) is 1. The van der Waals surface area contributed by atoms with E-state index in [1.807, 2.05) is 29.4 Å². The molecule has 2 aromatic heterocycles. The van der Waals surface area contributed by atoms with E-state index in [0.717, 1.165) is 50.1 Å². The second-order valence-corrected chi connectivity index (χ2v) is 5.84. The molecule has 2 aromatic rings. The number of likely N-dealkylation sites (tertiary alicyclic amines) is 1. The number of ether oxygens (including phenoxy) is 1. The first-order valence-corrected chi connectivity index (χ1v) is 8.13. The molecular weight excluding hydrogens is 292 g/mol. The zero-order valence-corrected chi connectivity index (χ0v) is 13.1. The molecule has 3 rings (SSSR count). The molecule has 0 atom stereocenters. The van der Waals surface area contributed by atoms with Crippen LogP contribution in [0.2, 0.25) is 0 Å². The minimum Gasteiger partial charge on any atom is -0.490 e. The highest BCUT2D eigenvalue weighted by atomic mass is 16.5. The topological polar surface area (TPSA) is 71.1 Å². The molecule has 1 aliphatic heterocycles. The van der Waals surface area contributed by atoms with Crippen molar-refractivity contribution in [1.82, 2.24) is 20.1 Å². The third-order valence-electron chi connectivity index (χ3n) is 4.16. The zero-order valence-electron chi connectivity index (χ0n) is 13.1. The number of pyridine rings is 1. The lowest BCUT2D eigenvalue weighted by molar-refractivity contribution is -0.133. The van der Waals surface area contributed by atoms with Crippen LogP contribution >= 0.6 is 0 Å². The molecule has 0 aromatic carbocycles. The maximum atomic E-state index is 12.2. The van der Waals surface area contributed by atoms with Gasteiger partial charge in [0.15, 0.2) is 0 Å². The number of nitrogens with zero attached hydrogens (tertiary/aromatic N) is 3. The van der Waals surface area contributed by atoms with Gasteiger partial charge in [0.1, 0.15) is 11.9 Å². The highest BCUT2D eigenvalue weighted by Gasteiger charge is 2.23. The van der Waals surface area contributed by atoms with Gasteiger partial charge in [0, 0.05) is 50.9 Å². The predicted octanol–water partition coefficient (Wildman–Crippen LogP) is 2.20. The Morgan fingerprint density at radius 3 is 2.78 bits per heavy atom. The molecule has 3 heterocycles. The fourth-order valence-corrected chi connectivity index (χ4v) is 2.85. The molecule has 1 amide bonds. The van der Waals surface area contributed by atoms with Crippen LogP contribution in [0.5, 0.6) is 5.75 Å². The summed E-state index contributed by atoms with van der Waals surface area (Å²) < 4.78 is 5.93. The molecule has 1 N–H and O–H groups in total. The number of rotatable bonds is 6.